The number of hydrogen-bond donors (Lipinski definition) is 2. The van der Waals surface area contributed by atoms with Gasteiger partial charge in [-0.1, -0.05) is 6.07 Å². The van der Waals surface area contributed by atoms with Crippen LogP contribution < -0.4 is 4.74 Å². The summed E-state index contributed by atoms with van der Waals surface area (Å²) in [6.07, 6.45) is 4.18. The van der Waals surface area contributed by atoms with Gasteiger partial charge in [0, 0.05) is 36.3 Å². The fourth-order valence-electron chi connectivity index (χ4n) is 3.47. The van der Waals surface area contributed by atoms with Crippen molar-refractivity contribution < 1.29 is 14.6 Å². The lowest BCUT2D eigenvalue weighted by molar-refractivity contribution is -0.135. The first-order valence-corrected chi connectivity index (χ1v) is 8.17. The van der Waals surface area contributed by atoms with E-state index in [1.807, 2.05) is 29.3 Å². The molecule has 0 aliphatic carbocycles. The van der Waals surface area contributed by atoms with Crippen LogP contribution >= 0.6 is 0 Å². The fourth-order valence-corrected chi connectivity index (χ4v) is 3.47. The molecule has 2 aromatic rings. The van der Waals surface area contributed by atoms with Crippen molar-refractivity contribution >= 4 is 16.8 Å². The second-order valence-electron chi connectivity index (χ2n) is 6.39. The first-order chi connectivity index (χ1) is 11.1. The summed E-state index contributed by atoms with van der Waals surface area (Å²) in [6, 6.07) is 6.06. The monoisotopic (exact) mass is 316 g/mol. The Morgan fingerprint density at radius 3 is 3.00 bits per heavy atom. The Labute approximate surface area is 136 Å². The standard InChI is InChI=1S/C18H24N2O3/c1-12-6-7-13(11-21)10-20(12)17(22)8-14-9-19-15-4-3-5-16(23-2)18(14)15/h3-5,9,12-13,19,21H,6-8,10-11H2,1-2H3. The number of carbonyl (C=O) groups is 1. The third-order valence-electron chi connectivity index (χ3n) is 4.87. The molecule has 1 fully saturated rings. The van der Waals surface area contributed by atoms with Crippen LogP contribution in [0.15, 0.2) is 24.4 Å². The lowest BCUT2D eigenvalue weighted by Gasteiger charge is -2.37. The number of H-pyrrole nitrogens is 1. The summed E-state index contributed by atoms with van der Waals surface area (Å²) in [6.45, 7) is 2.88. The van der Waals surface area contributed by atoms with Crippen molar-refractivity contribution in [2.24, 2.45) is 5.92 Å². The van der Waals surface area contributed by atoms with Gasteiger partial charge >= 0.3 is 0 Å². The zero-order chi connectivity index (χ0) is 16.4. The van der Waals surface area contributed by atoms with Crippen molar-refractivity contribution in [3.8, 4) is 5.75 Å². The zero-order valence-electron chi connectivity index (χ0n) is 13.7. The molecule has 124 valence electrons. The Balaban J connectivity index is 1.82. The molecule has 2 N–H and O–H groups in total. The van der Waals surface area contributed by atoms with Crippen LogP contribution in [0.5, 0.6) is 5.75 Å². The number of benzene rings is 1. The van der Waals surface area contributed by atoms with Crippen molar-refractivity contribution in [1.82, 2.24) is 9.88 Å². The smallest absolute Gasteiger partial charge is 0.227 e. The van der Waals surface area contributed by atoms with E-state index in [1.165, 1.54) is 0 Å². The number of ether oxygens (including phenoxy) is 1. The van der Waals surface area contributed by atoms with Gasteiger partial charge in [0.05, 0.1) is 13.5 Å². The number of aromatic nitrogens is 1. The van der Waals surface area contributed by atoms with Crippen molar-refractivity contribution in [3.63, 3.8) is 0 Å². The Bertz CT molecular complexity index is 695. The lowest BCUT2D eigenvalue weighted by atomic mass is 9.93. The van der Waals surface area contributed by atoms with Gasteiger partial charge in [0.2, 0.25) is 5.91 Å². The van der Waals surface area contributed by atoms with E-state index in [0.717, 1.165) is 35.1 Å². The molecule has 23 heavy (non-hydrogen) atoms. The molecule has 1 saturated heterocycles. The third-order valence-corrected chi connectivity index (χ3v) is 4.87. The van der Waals surface area contributed by atoms with Gasteiger partial charge in [0.15, 0.2) is 0 Å². The van der Waals surface area contributed by atoms with Crippen molar-refractivity contribution in [3.05, 3.63) is 30.0 Å². The topological polar surface area (TPSA) is 65.6 Å². The van der Waals surface area contributed by atoms with Gasteiger partial charge in [-0.2, -0.15) is 0 Å². The number of piperidine rings is 1. The Hall–Kier alpha value is -2.01. The predicted octanol–water partition coefficient (Wildman–Crippen LogP) is 2.34. The van der Waals surface area contributed by atoms with Crippen molar-refractivity contribution in [2.45, 2.75) is 32.2 Å². The first-order valence-electron chi connectivity index (χ1n) is 8.17. The van der Waals surface area contributed by atoms with E-state index in [4.69, 9.17) is 4.74 Å². The molecular weight excluding hydrogens is 292 g/mol. The minimum atomic E-state index is 0.113. The minimum Gasteiger partial charge on any atom is -0.496 e. The van der Waals surface area contributed by atoms with Crippen LogP contribution in [0.3, 0.4) is 0 Å². The molecule has 0 radical (unpaired) electrons. The van der Waals surface area contributed by atoms with E-state index in [-0.39, 0.29) is 24.5 Å². The van der Waals surface area contributed by atoms with E-state index in [1.54, 1.807) is 7.11 Å². The summed E-state index contributed by atoms with van der Waals surface area (Å²) >= 11 is 0. The normalized spacial score (nSPS) is 21.6. The van der Waals surface area contributed by atoms with Crippen molar-refractivity contribution in [1.29, 1.82) is 0 Å². The third kappa shape index (κ3) is 3.06. The number of carbonyl (C=O) groups excluding carboxylic acids is 1. The SMILES string of the molecule is COc1cccc2[nH]cc(CC(=O)N3CC(CO)CCC3C)c12. The molecule has 5 nitrogen and oxygen atoms in total. The Morgan fingerprint density at radius 1 is 1.43 bits per heavy atom. The second-order valence-corrected chi connectivity index (χ2v) is 6.39. The summed E-state index contributed by atoms with van der Waals surface area (Å²) in [5.74, 6) is 1.10. The molecule has 5 heteroatoms. The molecule has 1 aromatic carbocycles. The molecule has 2 heterocycles. The van der Waals surface area contributed by atoms with Crippen LogP contribution in [-0.2, 0) is 11.2 Å². The molecule has 2 unspecified atom stereocenters. The molecule has 1 amide bonds. The van der Waals surface area contributed by atoms with Gasteiger partial charge in [0.25, 0.3) is 0 Å². The molecule has 1 aliphatic heterocycles. The largest absolute Gasteiger partial charge is 0.496 e. The number of aliphatic hydroxyl groups excluding tert-OH is 1. The summed E-state index contributed by atoms with van der Waals surface area (Å²) in [7, 11) is 1.64. The molecule has 3 rings (SSSR count). The van der Waals surface area contributed by atoms with Crippen LogP contribution in [0.2, 0.25) is 0 Å². The molecule has 1 aromatic heterocycles. The number of aromatic amines is 1. The van der Waals surface area contributed by atoms with E-state index in [2.05, 4.69) is 11.9 Å². The number of likely N-dealkylation sites (tertiary alicyclic amines) is 1. The number of nitrogens with one attached hydrogen (secondary N) is 1. The number of nitrogens with zero attached hydrogens (tertiary/aromatic N) is 1. The highest BCUT2D eigenvalue weighted by Crippen LogP contribution is 2.30. The van der Waals surface area contributed by atoms with Crippen LogP contribution in [0.1, 0.15) is 25.3 Å². The van der Waals surface area contributed by atoms with Gasteiger partial charge in [0.1, 0.15) is 5.75 Å². The van der Waals surface area contributed by atoms with Gasteiger partial charge < -0.3 is 19.7 Å². The minimum absolute atomic E-state index is 0.113. The Kier molecular flexibility index (Phi) is 4.57. The fraction of sp³-hybridized carbons (Fsp3) is 0.500. The molecule has 0 bridgehead atoms. The van der Waals surface area contributed by atoms with Crippen LogP contribution in [-0.4, -0.2) is 47.2 Å². The summed E-state index contributed by atoms with van der Waals surface area (Å²) in [4.78, 5) is 17.9. The average Bonchev–Trinajstić information content (AvgIpc) is 2.98. The first kappa shape index (κ1) is 15.9. The highest BCUT2D eigenvalue weighted by atomic mass is 16.5. The summed E-state index contributed by atoms with van der Waals surface area (Å²) in [5.41, 5.74) is 1.94. The number of amides is 1. The highest BCUT2D eigenvalue weighted by molar-refractivity contribution is 5.93. The maximum atomic E-state index is 12.8. The van der Waals surface area contributed by atoms with Gasteiger partial charge in [-0.05, 0) is 43.4 Å². The highest BCUT2D eigenvalue weighted by Gasteiger charge is 2.29. The molecule has 2 atom stereocenters. The predicted molar refractivity (Wildman–Crippen MR) is 89.5 cm³/mol. The maximum Gasteiger partial charge on any atom is 0.227 e. The van der Waals surface area contributed by atoms with Crippen molar-refractivity contribution in [2.75, 3.05) is 20.3 Å². The molecule has 0 saturated carbocycles. The number of methoxy groups -OCH3 is 1. The van der Waals surface area contributed by atoms with Crippen LogP contribution in [0.25, 0.3) is 10.9 Å². The van der Waals surface area contributed by atoms with E-state index in [9.17, 15) is 9.90 Å². The van der Waals surface area contributed by atoms with E-state index < -0.39 is 0 Å². The number of hydrogen-bond acceptors (Lipinski definition) is 3. The summed E-state index contributed by atoms with van der Waals surface area (Å²) < 4.78 is 5.43. The number of aliphatic hydroxyl groups is 1. The maximum absolute atomic E-state index is 12.8. The summed E-state index contributed by atoms with van der Waals surface area (Å²) in [5, 5.41) is 10.4. The van der Waals surface area contributed by atoms with E-state index >= 15 is 0 Å². The second kappa shape index (κ2) is 6.62. The number of rotatable bonds is 4. The zero-order valence-corrected chi connectivity index (χ0v) is 13.7. The van der Waals surface area contributed by atoms with E-state index in [0.29, 0.717) is 13.0 Å². The quantitative estimate of drug-likeness (QED) is 0.910. The van der Waals surface area contributed by atoms with Gasteiger partial charge in [-0.15, -0.1) is 0 Å². The molecular formula is C18H24N2O3. The van der Waals surface area contributed by atoms with Crippen LogP contribution in [0, 0.1) is 5.92 Å². The number of fused-ring (bicyclic) bond motifs is 1. The molecule has 1 aliphatic rings. The average molecular weight is 316 g/mol. The molecule has 0 spiro atoms. The van der Waals surface area contributed by atoms with Gasteiger partial charge in [-0.3, -0.25) is 4.79 Å². The lowest BCUT2D eigenvalue weighted by Crippen LogP contribution is -2.46. The van der Waals surface area contributed by atoms with Crippen LogP contribution in [0.4, 0.5) is 0 Å². The Morgan fingerprint density at radius 2 is 2.26 bits per heavy atom. The van der Waals surface area contributed by atoms with Gasteiger partial charge in [-0.25, -0.2) is 0 Å².